The van der Waals surface area contributed by atoms with Crippen molar-refractivity contribution >= 4 is 39.0 Å². The Hall–Kier alpha value is -2.19. The molecule has 6 nitrogen and oxygen atoms in total. The zero-order valence-electron chi connectivity index (χ0n) is 14.9. The van der Waals surface area contributed by atoms with E-state index in [4.69, 9.17) is 4.98 Å². The maximum atomic E-state index is 13.2. The van der Waals surface area contributed by atoms with Gasteiger partial charge in [-0.05, 0) is 31.2 Å². The summed E-state index contributed by atoms with van der Waals surface area (Å²) in [5.74, 6) is 0.407. The van der Waals surface area contributed by atoms with E-state index in [-0.39, 0.29) is 16.2 Å². The van der Waals surface area contributed by atoms with Crippen molar-refractivity contribution in [2.45, 2.75) is 50.1 Å². The number of para-hydroxylation sites is 1. The van der Waals surface area contributed by atoms with Crippen LogP contribution in [0.3, 0.4) is 0 Å². The third kappa shape index (κ3) is 3.27. The Morgan fingerprint density at radius 3 is 2.93 bits per heavy atom. The van der Waals surface area contributed by atoms with Gasteiger partial charge in [0, 0.05) is 28.8 Å². The summed E-state index contributed by atoms with van der Waals surface area (Å²) in [4.78, 5) is 30.9. The van der Waals surface area contributed by atoms with Crippen molar-refractivity contribution in [3.63, 3.8) is 0 Å². The molecular formula is C19H19N3O3S2. The molecule has 0 amide bonds. The summed E-state index contributed by atoms with van der Waals surface area (Å²) in [5, 5.41) is 12.7. The van der Waals surface area contributed by atoms with Crippen LogP contribution in [0.15, 0.2) is 34.2 Å². The van der Waals surface area contributed by atoms with Crippen LogP contribution >= 0.6 is 23.1 Å². The Balaban J connectivity index is 1.74. The molecule has 0 aliphatic heterocycles. The molecule has 2 heterocycles. The molecule has 0 fully saturated rings. The average Bonchev–Trinajstić information content (AvgIpc) is 3.23. The Morgan fingerprint density at radius 1 is 1.33 bits per heavy atom. The van der Waals surface area contributed by atoms with Crippen LogP contribution in [0, 0.1) is 10.1 Å². The minimum absolute atomic E-state index is 0.0336. The summed E-state index contributed by atoms with van der Waals surface area (Å²) in [5.41, 5.74) is 1.96. The lowest BCUT2D eigenvalue weighted by atomic mass is 10.2. The molecule has 1 aromatic carbocycles. The minimum atomic E-state index is -0.366. The van der Waals surface area contributed by atoms with E-state index in [0.717, 1.165) is 35.9 Å². The van der Waals surface area contributed by atoms with Crippen molar-refractivity contribution in [1.29, 1.82) is 0 Å². The average molecular weight is 402 g/mol. The van der Waals surface area contributed by atoms with E-state index < -0.39 is 0 Å². The van der Waals surface area contributed by atoms with Gasteiger partial charge in [0.15, 0.2) is 5.16 Å². The van der Waals surface area contributed by atoms with Crippen molar-refractivity contribution < 1.29 is 4.92 Å². The number of nitrogens with zero attached hydrogens (tertiary/aromatic N) is 3. The number of thiophene rings is 1. The van der Waals surface area contributed by atoms with Gasteiger partial charge in [-0.15, -0.1) is 11.3 Å². The zero-order chi connectivity index (χ0) is 19.0. The van der Waals surface area contributed by atoms with E-state index >= 15 is 0 Å². The Morgan fingerprint density at radius 2 is 2.15 bits per heavy atom. The van der Waals surface area contributed by atoms with E-state index in [0.29, 0.717) is 23.0 Å². The summed E-state index contributed by atoms with van der Waals surface area (Å²) in [6.07, 6.45) is 3.93. The van der Waals surface area contributed by atoms with E-state index in [9.17, 15) is 14.9 Å². The summed E-state index contributed by atoms with van der Waals surface area (Å²) < 4.78 is 1.74. The number of hydrogen-bond acceptors (Lipinski definition) is 6. The summed E-state index contributed by atoms with van der Waals surface area (Å²) in [6, 6.07) is 6.72. The van der Waals surface area contributed by atoms with E-state index in [1.807, 2.05) is 6.92 Å². The third-order valence-corrected chi connectivity index (χ3v) is 6.99. The molecule has 0 unspecified atom stereocenters. The molecule has 2 aromatic heterocycles. The maximum Gasteiger partial charge on any atom is 0.273 e. The fraction of sp³-hybridized carbons (Fsp3) is 0.368. The molecule has 0 atom stereocenters. The molecule has 3 aromatic rings. The van der Waals surface area contributed by atoms with Gasteiger partial charge in [-0.3, -0.25) is 19.5 Å². The second-order valence-electron chi connectivity index (χ2n) is 6.56. The zero-order valence-corrected chi connectivity index (χ0v) is 16.6. The number of nitro benzene ring substituents is 1. The Labute approximate surface area is 164 Å². The number of fused-ring (bicyclic) bond motifs is 3. The molecule has 140 valence electrons. The van der Waals surface area contributed by atoms with Gasteiger partial charge in [0.1, 0.15) is 4.83 Å². The first-order valence-corrected chi connectivity index (χ1v) is 10.8. The predicted octanol–water partition coefficient (Wildman–Crippen LogP) is 4.56. The number of rotatable bonds is 6. The van der Waals surface area contributed by atoms with Crippen LogP contribution < -0.4 is 5.56 Å². The standard InChI is InChI=1S/C19H19N3O3S2/c1-2-10-21-18(23)16-13-7-5-9-15(13)27-17(16)20-19(21)26-11-12-6-3-4-8-14(12)22(24)25/h3-4,6,8H,2,5,7,9-11H2,1H3. The lowest BCUT2D eigenvalue weighted by Crippen LogP contribution is -2.23. The Bertz CT molecular complexity index is 1090. The molecule has 0 saturated carbocycles. The SMILES string of the molecule is CCCn1c(SCc2ccccc2[N+](=O)[O-])nc2sc3c(c2c1=O)CCC3. The van der Waals surface area contributed by atoms with E-state index in [2.05, 4.69) is 0 Å². The second-order valence-corrected chi connectivity index (χ2v) is 8.59. The van der Waals surface area contributed by atoms with Gasteiger partial charge in [-0.25, -0.2) is 4.98 Å². The monoisotopic (exact) mass is 401 g/mol. The van der Waals surface area contributed by atoms with Crippen molar-refractivity contribution in [3.05, 3.63) is 60.7 Å². The second kappa shape index (κ2) is 7.44. The Kier molecular flexibility index (Phi) is 5.01. The molecule has 0 saturated heterocycles. The smallest absolute Gasteiger partial charge is 0.273 e. The number of aromatic nitrogens is 2. The largest absolute Gasteiger partial charge is 0.287 e. The molecule has 0 bridgehead atoms. The molecule has 0 spiro atoms. The quantitative estimate of drug-likeness (QED) is 0.262. The molecule has 1 aliphatic rings. The molecule has 1 aliphatic carbocycles. The van der Waals surface area contributed by atoms with Gasteiger partial charge in [0.25, 0.3) is 11.2 Å². The van der Waals surface area contributed by atoms with Crippen LogP contribution in [0.1, 0.15) is 35.8 Å². The number of aryl methyl sites for hydroxylation is 2. The van der Waals surface area contributed by atoms with Crippen molar-refractivity contribution in [1.82, 2.24) is 9.55 Å². The van der Waals surface area contributed by atoms with Crippen LogP contribution in [0.4, 0.5) is 5.69 Å². The summed E-state index contributed by atoms with van der Waals surface area (Å²) in [7, 11) is 0. The van der Waals surface area contributed by atoms with Gasteiger partial charge in [-0.1, -0.05) is 36.9 Å². The van der Waals surface area contributed by atoms with Crippen LogP contribution in [0.25, 0.3) is 10.2 Å². The summed E-state index contributed by atoms with van der Waals surface area (Å²) in [6.45, 7) is 2.64. The summed E-state index contributed by atoms with van der Waals surface area (Å²) >= 11 is 3.02. The van der Waals surface area contributed by atoms with Crippen LogP contribution in [0.2, 0.25) is 0 Å². The highest BCUT2D eigenvalue weighted by molar-refractivity contribution is 7.98. The van der Waals surface area contributed by atoms with Crippen molar-refractivity contribution in [3.8, 4) is 0 Å². The van der Waals surface area contributed by atoms with Gasteiger partial charge >= 0.3 is 0 Å². The topological polar surface area (TPSA) is 78.0 Å². The van der Waals surface area contributed by atoms with Gasteiger partial charge in [-0.2, -0.15) is 0 Å². The lowest BCUT2D eigenvalue weighted by Gasteiger charge is -2.11. The first kappa shape index (κ1) is 18.2. The van der Waals surface area contributed by atoms with Gasteiger partial charge in [0.2, 0.25) is 0 Å². The molecule has 4 rings (SSSR count). The van der Waals surface area contributed by atoms with Crippen molar-refractivity contribution in [2.24, 2.45) is 0 Å². The molecular weight excluding hydrogens is 382 g/mol. The van der Waals surface area contributed by atoms with Crippen LogP contribution in [0.5, 0.6) is 0 Å². The van der Waals surface area contributed by atoms with Crippen molar-refractivity contribution in [2.75, 3.05) is 0 Å². The fourth-order valence-electron chi connectivity index (χ4n) is 3.54. The molecule has 27 heavy (non-hydrogen) atoms. The highest BCUT2D eigenvalue weighted by Gasteiger charge is 2.23. The predicted molar refractivity (Wildman–Crippen MR) is 109 cm³/mol. The number of benzene rings is 1. The molecule has 0 N–H and O–H groups in total. The number of nitro groups is 1. The van der Waals surface area contributed by atoms with Crippen LogP contribution in [-0.2, 0) is 25.1 Å². The maximum absolute atomic E-state index is 13.2. The molecule has 8 heteroatoms. The molecule has 0 radical (unpaired) electrons. The lowest BCUT2D eigenvalue weighted by molar-refractivity contribution is -0.385. The van der Waals surface area contributed by atoms with E-state index in [1.54, 1.807) is 34.1 Å². The first-order chi connectivity index (χ1) is 13.1. The third-order valence-electron chi connectivity index (χ3n) is 4.78. The minimum Gasteiger partial charge on any atom is -0.287 e. The van der Waals surface area contributed by atoms with Gasteiger partial charge < -0.3 is 0 Å². The fourth-order valence-corrected chi connectivity index (χ4v) is 5.87. The highest BCUT2D eigenvalue weighted by Crippen LogP contribution is 2.36. The van der Waals surface area contributed by atoms with Crippen LogP contribution in [-0.4, -0.2) is 14.5 Å². The number of hydrogen-bond donors (Lipinski definition) is 0. The normalized spacial score (nSPS) is 13.2. The van der Waals surface area contributed by atoms with Gasteiger partial charge in [0.05, 0.1) is 10.3 Å². The first-order valence-electron chi connectivity index (χ1n) is 9.00. The van der Waals surface area contributed by atoms with E-state index in [1.165, 1.54) is 28.3 Å². The number of thioether (sulfide) groups is 1. The highest BCUT2D eigenvalue weighted by atomic mass is 32.2.